The van der Waals surface area contributed by atoms with E-state index in [1.807, 2.05) is 54.8 Å². The van der Waals surface area contributed by atoms with Crippen LogP contribution in [0.5, 0.6) is 0 Å². The second-order valence-electron chi connectivity index (χ2n) is 5.43. The van der Waals surface area contributed by atoms with Crippen LogP contribution in [0, 0.1) is 5.82 Å². The van der Waals surface area contributed by atoms with Crippen LogP contribution in [0.2, 0.25) is 0 Å². The fraction of sp³-hybridized carbons (Fsp3) is 0.0455. The zero-order chi connectivity index (χ0) is 18.9. The number of benzene rings is 3. The molecule has 0 spiro atoms. The Morgan fingerprint density at radius 1 is 0.815 bits per heavy atom. The highest BCUT2D eigenvalue weighted by atomic mass is 32.2. The topological polar surface area (TPSA) is 12.4 Å². The average molecular weight is 412 g/mol. The lowest BCUT2D eigenvalue weighted by molar-refractivity contribution is 0.626. The molecule has 3 aromatic rings. The summed E-state index contributed by atoms with van der Waals surface area (Å²) in [5.41, 5.74) is 0.919. The first kappa shape index (κ1) is 19.8. The van der Waals surface area contributed by atoms with Crippen molar-refractivity contribution in [3.05, 3.63) is 101 Å². The summed E-state index contributed by atoms with van der Waals surface area (Å²) in [6.07, 6.45) is 2.04. The number of hydrogen-bond donors (Lipinski definition) is 0. The second-order valence-corrected chi connectivity index (χ2v) is 8.28. The first-order valence-electron chi connectivity index (χ1n) is 8.28. The summed E-state index contributed by atoms with van der Waals surface area (Å²) in [6.45, 7) is 0. The molecule has 0 saturated carbocycles. The quantitative estimate of drug-likeness (QED) is 0.235. The van der Waals surface area contributed by atoms with E-state index in [2.05, 4.69) is 17.5 Å². The van der Waals surface area contributed by atoms with E-state index in [1.165, 1.54) is 12.1 Å². The molecular weight excluding hydrogens is 393 g/mol. The molecule has 0 fully saturated rings. The van der Waals surface area contributed by atoms with Gasteiger partial charge in [0, 0.05) is 14.7 Å². The van der Waals surface area contributed by atoms with Crippen molar-refractivity contribution in [1.82, 2.24) is 0 Å². The maximum atomic E-state index is 13.1. The van der Waals surface area contributed by atoms with Crippen LogP contribution >= 0.6 is 35.3 Å². The lowest BCUT2D eigenvalue weighted by Gasteiger charge is -2.09. The largest absolute Gasteiger partial charge is 0.241 e. The van der Waals surface area contributed by atoms with Crippen molar-refractivity contribution in [2.75, 3.05) is 6.26 Å². The smallest absolute Gasteiger partial charge is 0.123 e. The maximum absolute atomic E-state index is 13.1. The third-order valence-corrected chi connectivity index (χ3v) is 6.43. The number of hydrogen-bond acceptors (Lipinski definition) is 4. The number of nitrogens with zero attached hydrogens (tertiary/aromatic N) is 1. The Balaban J connectivity index is 1.90. The average Bonchev–Trinajstić information content (AvgIpc) is 2.71. The van der Waals surface area contributed by atoms with Gasteiger partial charge in [-0.05, 0) is 60.2 Å². The highest BCUT2D eigenvalue weighted by Gasteiger charge is 2.10. The van der Waals surface area contributed by atoms with E-state index in [0.29, 0.717) is 0 Å². The van der Waals surface area contributed by atoms with Crippen LogP contribution < -0.4 is 0 Å². The Labute approximate surface area is 172 Å². The molecule has 0 aliphatic rings. The van der Waals surface area contributed by atoms with Gasteiger partial charge in [0.1, 0.15) is 10.9 Å². The van der Waals surface area contributed by atoms with Crippen LogP contribution in [-0.4, -0.2) is 11.3 Å². The predicted molar refractivity (Wildman–Crippen MR) is 120 cm³/mol. The van der Waals surface area contributed by atoms with Gasteiger partial charge in [0.2, 0.25) is 0 Å². The molecule has 5 heteroatoms. The van der Waals surface area contributed by atoms with Crippen LogP contribution in [0.15, 0.2) is 110 Å². The third-order valence-electron chi connectivity index (χ3n) is 3.49. The number of thioether (sulfide) groups is 3. The number of para-hydroxylation sites is 1. The molecule has 0 radical (unpaired) electrons. The van der Waals surface area contributed by atoms with Gasteiger partial charge in [-0.2, -0.15) is 0 Å². The Bertz CT molecular complexity index is 907. The van der Waals surface area contributed by atoms with E-state index in [9.17, 15) is 4.39 Å². The molecule has 0 heterocycles. The van der Waals surface area contributed by atoms with Gasteiger partial charge in [-0.25, -0.2) is 9.38 Å². The first-order chi connectivity index (χ1) is 13.2. The number of rotatable bonds is 6. The van der Waals surface area contributed by atoms with Crippen molar-refractivity contribution in [1.29, 1.82) is 0 Å². The van der Waals surface area contributed by atoms with Crippen LogP contribution in [-0.2, 0) is 0 Å². The first-order valence-corrected chi connectivity index (χ1v) is 11.2. The minimum absolute atomic E-state index is 0.223. The van der Waals surface area contributed by atoms with Gasteiger partial charge >= 0.3 is 0 Å². The van der Waals surface area contributed by atoms with E-state index in [0.717, 1.165) is 25.4 Å². The molecule has 136 valence electrons. The van der Waals surface area contributed by atoms with Crippen molar-refractivity contribution >= 4 is 46.0 Å². The third kappa shape index (κ3) is 6.31. The van der Waals surface area contributed by atoms with Crippen LogP contribution in [0.1, 0.15) is 0 Å². The van der Waals surface area contributed by atoms with E-state index in [1.54, 1.807) is 47.4 Å². The van der Waals surface area contributed by atoms with Gasteiger partial charge in [-0.15, -0.1) is 11.8 Å². The summed E-state index contributed by atoms with van der Waals surface area (Å²) in [5.74, 6) is -0.223. The molecule has 0 aliphatic carbocycles. The molecule has 0 aliphatic heterocycles. The SMILES string of the molecule is CSC(=CSc1ccc(F)cc1)/C(=N\c1ccccc1)Sc1ccccc1. The highest BCUT2D eigenvalue weighted by Crippen LogP contribution is 2.33. The van der Waals surface area contributed by atoms with Crippen LogP contribution in [0.25, 0.3) is 0 Å². The molecule has 0 aromatic heterocycles. The van der Waals surface area contributed by atoms with E-state index >= 15 is 0 Å². The molecule has 27 heavy (non-hydrogen) atoms. The van der Waals surface area contributed by atoms with Gasteiger partial charge in [0.25, 0.3) is 0 Å². The summed E-state index contributed by atoms with van der Waals surface area (Å²) >= 11 is 4.86. The highest BCUT2D eigenvalue weighted by molar-refractivity contribution is 8.18. The fourth-order valence-electron chi connectivity index (χ4n) is 2.17. The molecule has 0 amide bonds. The van der Waals surface area contributed by atoms with E-state index in [-0.39, 0.29) is 5.82 Å². The standard InChI is InChI=1S/C22H18FNS3/c1-25-21(16-26-19-14-12-17(23)13-15-19)22(24-18-8-4-2-5-9-18)27-20-10-6-3-7-11-20/h2-16H,1H3/b21-16?,24-22+. The molecule has 3 aromatic carbocycles. The summed E-state index contributed by atoms with van der Waals surface area (Å²) in [6, 6.07) is 26.7. The summed E-state index contributed by atoms with van der Waals surface area (Å²) in [4.78, 5) is 8.07. The van der Waals surface area contributed by atoms with Crippen molar-refractivity contribution in [2.24, 2.45) is 4.99 Å². The zero-order valence-electron chi connectivity index (χ0n) is 14.7. The van der Waals surface area contributed by atoms with Crippen LogP contribution in [0.4, 0.5) is 10.1 Å². The van der Waals surface area contributed by atoms with Gasteiger partial charge < -0.3 is 0 Å². The molecule has 0 saturated heterocycles. The number of aliphatic imine (C=N–C) groups is 1. The van der Waals surface area contributed by atoms with Gasteiger partial charge in [-0.3, -0.25) is 0 Å². The molecule has 0 atom stereocenters. The van der Waals surface area contributed by atoms with Crippen molar-refractivity contribution < 1.29 is 4.39 Å². The van der Waals surface area contributed by atoms with Crippen LogP contribution in [0.3, 0.4) is 0 Å². The second kappa shape index (κ2) is 10.4. The molecular formula is C22H18FNS3. The molecule has 1 nitrogen and oxygen atoms in total. The Kier molecular flexibility index (Phi) is 7.63. The van der Waals surface area contributed by atoms with Gasteiger partial charge in [0.15, 0.2) is 0 Å². The minimum atomic E-state index is -0.223. The summed E-state index contributed by atoms with van der Waals surface area (Å²) in [7, 11) is 0. The normalized spacial score (nSPS) is 12.2. The monoisotopic (exact) mass is 411 g/mol. The van der Waals surface area contributed by atoms with Gasteiger partial charge in [-0.1, -0.05) is 59.9 Å². The molecule has 0 bridgehead atoms. The lowest BCUT2D eigenvalue weighted by atomic mass is 10.3. The van der Waals surface area contributed by atoms with Gasteiger partial charge in [0.05, 0.1) is 5.69 Å². The molecule has 0 N–H and O–H groups in total. The zero-order valence-corrected chi connectivity index (χ0v) is 17.2. The molecule has 0 unspecified atom stereocenters. The summed E-state index contributed by atoms with van der Waals surface area (Å²) < 4.78 is 13.1. The maximum Gasteiger partial charge on any atom is 0.123 e. The van der Waals surface area contributed by atoms with E-state index in [4.69, 9.17) is 4.99 Å². The minimum Gasteiger partial charge on any atom is -0.241 e. The predicted octanol–water partition coefficient (Wildman–Crippen LogP) is 7.64. The Morgan fingerprint density at radius 3 is 2.07 bits per heavy atom. The number of halogens is 1. The van der Waals surface area contributed by atoms with Crippen molar-refractivity contribution in [3.63, 3.8) is 0 Å². The fourth-order valence-corrected chi connectivity index (χ4v) is 4.84. The Hall–Kier alpha value is -1.95. The summed E-state index contributed by atoms with van der Waals surface area (Å²) in [5, 5.41) is 3.02. The van der Waals surface area contributed by atoms with E-state index < -0.39 is 0 Å². The molecule has 3 rings (SSSR count). The Morgan fingerprint density at radius 2 is 1.44 bits per heavy atom. The lowest BCUT2D eigenvalue weighted by Crippen LogP contribution is -1.94. The van der Waals surface area contributed by atoms with Crippen molar-refractivity contribution in [3.8, 4) is 0 Å². The van der Waals surface area contributed by atoms with Crippen molar-refractivity contribution in [2.45, 2.75) is 9.79 Å².